The van der Waals surface area contributed by atoms with Gasteiger partial charge in [0.15, 0.2) is 0 Å². The molecule has 0 fully saturated rings. The Labute approximate surface area is 106 Å². The summed E-state index contributed by atoms with van der Waals surface area (Å²) >= 11 is 0. The lowest BCUT2D eigenvalue weighted by Crippen LogP contribution is -2.16. The molecule has 4 heteroatoms. The van der Waals surface area contributed by atoms with Crippen LogP contribution in [0.3, 0.4) is 0 Å². The van der Waals surface area contributed by atoms with Crippen molar-refractivity contribution in [3.63, 3.8) is 0 Å². The first kappa shape index (κ1) is 12.2. The molecule has 0 radical (unpaired) electrons. The van der Waals surface area contributed by atoms with Crippen molar-refractivity contribution in [1.82, 2.24) is 0 Å². The molecule has 4 nitrogen and oxygen atoms in total. The number of hydrogen-bond donors (Lipinski definition) is 1. The fourth-order valence-electron chi connectivity index (χ4n) is 1.93. The molecule has 1 aliphatic rings. The summed E-state index contributed by atoms with van der Waals surface area (Å²) in [6.07, 6.45) is 2.45. The SMILES string of the molecule is Cc1cc(C#N)ccc1C(=CN)C1=NCCCO1. The van der Waals surface area contributed by atoms with Gasteiger partial charge in [-0.25, -0.2) is 0 Å². The van der Waals surface area contributed by atoms with Crippen LogP contribution in [0, 0.1) is 18.3 Å². The molecule has 1 aromatic rings. The lowest BCUT2D eigenvalue weighted by molar-refractivity contribution is 0.287. The van der Waals surface area contributed by atoms with Gasteiger partial charge in [0.25, 0.3) is 0 Å². The molecule has 2 N–H and O–H groups in total. The van der Waals surface area contributed by atoms with E-state index in [-0.39, 0.29) is 0 Å². The first-order valence-corrected chi connectivity index (χ1v) is 5.87. The minimum atomic E-state index is 0.594. The van der Waals surface area contributed by atoms with Crippen LogP contribution in [-0.4, -0.2) is 19.0 Å². The molecule has 0 spiro atoms. The minimum Gasteiger partial charge on any atom is -0.477 e. The smallest absolute Gasteiger partial charge is 0.218 e. The monoisotopic (exact) mass is 241 g/mol. The van der Waals surface area contributed by atoms with Crippen LogP contribution in [0.1, 0.15) is 23.1 Å². The van der Waals surface area contributed by atoms with Gasteiger partial charge in [-0.3, -0.25) is 4.99 Å². The molecule has 1 heterocycles. The van der Waals surface area contributed by atoms with Crippen LogP contribution in [0.2, 0.25) is 0 Å². The zero-order valence-electron chi connectivity index (χ0n) is 10.3. The average molecular weight is 241 g/mol. The van der Waals surface area contributed by atoms with E-state index >= 15 is 0 Å². The summed E-state index contributed by atoms with van der Waals surface area (Å²) in [4.78, 5) is 4.34. The van der Waals surface area contributed by atoms with Crippen molar-refractivity contribution >= 4 is 11.5 Å². The topological polar surface area (TPSA) is 71.4 Å². The number of ether oxygens (including phenoxy) is 1. The first-order valence-electron chi connectivity index (χ1n) is 5.87. The fraction of sp³-hybridized carbons (Fsp3) is 0.286. The Morgan fingerprint density at radius 2 is 2.39 bits per heavy atom. The summed E-state index contributed by atoms with van der Waals surface area (Å²) in [7, 11) is 0. The molecule has 18 heavy (non-hydrogen) atoms. The van der Waals surface area contributed by atoms with Crippen molar-refractivity contribution in [2.24, 2.45) is 10.7 Å². The summed E-state index contributed by atoms with van der Waals surface area (Å²) in [5, 5.41) is 8.86. The predicted octanol–water partition coefficient (Wildman–Crippen LogP) is 1.99. The van der Waals surface area contributed by atoms with Gasteiger partial charge in [0.05, 0.1) is 23.8 Å². The zero-order chi connectivity index (χ0) is 13.0. The average Bonchev–Trinajstić information content (AvgIpc) is 2.42. The van der Waals surface area contributed by atoms with Crippen LogP contribution in [0.4, 0.5) is 0 Å². The van der Waals surface area contributed by atoms with Crippen molar-refractivity contribution in [3.05, 3.63) is 41.1 Å². The molecule has 0 saturated heterocycles. The number of nitrogens with two attached hydrogens (primary N) is 1. The van der Waals surface area contributed by atoms with Gasteiger partial charge in [-0.2, -0.15) is 5.26 Å². The minimum absolute atomic E-state index is 0.594. The summed E-state index contributed by atoms with van der Waals surface area (Å²) < 4.78 is 5.53. The molecule has 0 aliphatic carbocycles. The quantitative estimate of drug-likeness (QED) is 0.860. The summed E-state index contributed by atoms with van der Waals surface area (Å²) in [5.74, 6) is 0.594. The molecule has 0 bridgehead atoms. The molecular formula is C14H15N3O. The Balaban J connectivity index is 2.40. The first-order chi connectivity index (χ1) is 8.76. The van der Waals surface area contributed by atoms with E-state index < -0.39 is 0 Å². The Bertz CT molecular complexity index is 553. The van der Waals surface area contributed by atoms with Gasteiger partial charge in [0.2, 0.25) is 5.90 Å². The van der Waals surface area contributed by atoms with E-state index in [9.17, 15) is 0 Å². The second kappa shape index (κ2) is 5.37. The highest BCUT2D eigenvalue weighted by atomic mass is 16.5. The van der Waals surface area contributed by atoms with Gasteiger partial charge in [-0.15, -0.1) is 0 Å². The molecule has 0 aromatic heterocycles. The molecule has 92 valence electrons. The normalized spacial score (nSPS) is 15.6. The highest BCUT2D eigenvalue weighted by molar-refractivity contribution is 6.20. The number of nitriles is 1. The van der Waals surface area contributed by atoms with Crippen LogP contribution in [0.25, 0.3) is 5.57 Å². The van der Waals surface area contributed by atoms with E-state index in [2.05, 4.69) is 11.1 Å². The molecule has 1 aromatic carbocycles. The van der Waals surface area contributed by atoms with Gasteiger partial charge in [0.1, 0.15) is 0 Å². The summed E-state index contributed by atoms with van der Waals surface area (Å²) in [6, 6.07) is 7.61. The lowest BCUT2D eigenvalue weighted by atomic mass is 9.99. The highest BCUT2D eigenvalue weighted by Gasteiger charge is 2.15. The molecular weight excluding hydrogens is 226 g/mol. The number of hydrogen-bond acceptors (Lipinski definition) is 4. The maximum atomic E-state index is 8.86. The third-order valence-corrected chi connectivity index (χ3v) is 2.84. The number of nitrogens with zero attached hydrogens (tertiary/aromatic N) is 2. The number of rotatable bonds is 2. The molecule has 0 atom stereocenters. The van der Waals surface area contributed by atoms with Gasteiger partial charge >= 0.3 is 0 Å². The largest absolute Gasteiger partial charge is 0.477 e. The van der Waals surface area contributed by atoms with Crippen molar-refractivity contribution in [1.29, 1.82) is 5.26 Å². The lowest BCUT2D eigenvalue weighted by Gasteiger charge is -2.17. The molecule has 0 unspecified atom stereocenters. The Morgan fingerprint density at radius 1 is 1.56 bits per heavy atom. The van der Waals surface area contributed by atoms with Crippen LogP contribution in [-0.2, 0) is 4.74 Å². The molecule has 0 amide bonds. The van der Waals surface area contributed by atoms with E-state index in [1.54, 1.807) is 6.07 Å². The second-order valence-electron chi connectivity index (χ2n) is 4.11. The predicted molar refractivity (Wildman–Crippen MR) is 70.9 cm³/mol. The van der Waals surface area contributed by atoms with Gasteiger partial charge in [0, 0.05) is 19.2 Å². The van der Waals surface area contributed by atoms with E-state index in [4.69, 9.17) is 15.7 Å². The molecule has 2 rings (SSSR count). The van der Waals surface area contributed by atoms with Gasteiger partial charge < -0.3 is 10.5 Å². The van der Waals surface area contributed by atoms with Crippen LogP contribution >= 0.6 is 0 Å². The molecule has 0 saturated carbocycles. The third-order valence-electron chi connectivity index (χ3n) is 2.84. The van der Waals surface area contributed by atoms with E-state index in [0.29, 0.717) is 18.1 Å². The van der Waals surface area contributed by atoms with Crippen LogP contribution in [0.5, 0.6) is 0 Å². The second-order valence-corrected chi connectivity index (χ2v) is 4.11. The van der Waals surface area contributed by atoms with Crippen molar-refractivity contribution in [3.8, 4) is 6.07 Å². The Kier molecular flexibility index (Phi) is 3.63. The third kappa shape index (κ3) is 2.35. The van der Waals surface area contributed by atoms with Crippen molar-refractivity contribution in [2.75, 3.05) is 13.2 Å². The van der Waals surface area contributed by atoms with Crippen LogP contribution < -0.4 is 5.73 Å². The number of benzene rings is 1. The van der Waals surface area contributed by atoms with Crippen molar-refractivity contribution in [2.45, 2.75) is 13.3 Å². The van der Waals surface area contributed by atoms with Crippen LogP contribution in [0.15, 0.2) is 29.4 Å². The molecule has 1 aliphatic heterocycles. The maximum Gasteiger partial charge on any atom is 0.218 e. The fourth-order valence-corrected chi connectivity index (χ4v) is 1.93. The zero-order valence-corrected chi connectivity index (χ0v) is 10.3. The number of aryl methyl sites for hydroxylation is 1. The van der Waals surface area contributed by atoms with Gasteiger partial charge in [-0.05, 0) is 30.2 Å². The highest BCUT2D eigenvalue weighted by Crippen LogP contribution is 2.22. The summed E-state index contributed by atoms with van der Waals surface area (Å²) in [6.45, 7) is 3.39. The van der Waals surface area contributed by atoms with E-state index in [0.717, 1.165) is 29.7 Å². The Morgan fingerprint density at radius 3 is 2.94 bits per heavy atom. The summed E-state index contributed by atoms with van der Waals surface area (Å²) in [5.41, 5.74) is 9.06. The Hall–Kier alpha value is -2.28. The maximum absolute atomic E-state index is 8.86. The van der Waals surface area contributed by atoms with E-state index in [1.165, 1.54) is 6.20 Å². The standard InChI is InChI=1S/C14H15N3O/c1-10-7-11(8-15)3-4-12(10)13(9-16)14-17-5-2-6-18-14/h3-4,7,9H,2,5-6,16H2,1H3. The van der Waals surface area contributed by atoms with Crippen molar-refractivity contribution < 1.29 is 4.74 Å². The number of aliphatic imine (C=N–C) groups is 1. The van der Waals surface area contributed by atoms with Gasteiger partial charge in [-0.1, -0.05) is 6.07 Å². The van der Waals surface area contributed by atoms with E-state index in [1.807, 2.05) is 19.1 Å².